The summed E-state index contributed by atoms with van der Waals surface area (Å²) >= 11 is 7.39. The molecule has 0 atom stereocenters. The van der Waals surface area contributed by atoms with E-state index in [1.165, 1.54) is 11.8 Å². The molecule has 0 aliphatic heterocycles. The Hall–Kier alpha value is -1.17. The summed E-state index contributed by atoms with van der Waals surface area (Å²) in [6, 6.07) is 3.60. The average molecular weight is 281 g/mol. The Morgan fingerprint density at radius 1 is 1.28 bits per heavy atom. The predicted octanol–water partition coefficient (Wildman–Crippen LogP) is 2.79. The van der Waals surface area contributed by atoms with Crippen molar-refractivity contribution in [3.8, 4) is 0 Å². The topological polar surface area (TPSA) is 50.7 Å². The van der Waals surface area contributed by atoms with Gasteiger partial charge in [0.1, 0.15) is 5.03 Å². The maximum absolute atomic E-state index is 6.03. The molecular weight excluding hydrogens is 268 g/mol. The van der Waals surface area contributed by atoms with E-state index in [2.05, 4.69) is 27.2 Å². The maximum Gasteiger partial charge on any atom is 0.193 e. The number of hydrogen-bond acceptors (Lipinski definition) is 5. The molecule has 2 aromatic rings. The molecule has 2 heterocycles. The standard InChI is InChI=1S/C12H13ClN4S/c1-2-14-6-9-7-16-12(17-8-9)18-11-10(13)4-3-5-15-11/h3-5,7-8,14H,2,6H2,1H3. The molecule has 0 saturated carbocycles. The van der Waals surface area contributed by atoms with Crippen LogP contribution >= 0.6 is 23.4 Å². The van der Waals surface area contributed by atoms with Crippen LogP contribution in [-0.2, 0) is 6.54 Å². The lowest BCUT2D eigenvalue weighted by Crippen LogP contribution is -2.12. The van der Waals surface area contributed by atoms with E-state index in [0.717, 1.165) is 23.7 Å². The monoisotopic (exact) mass is 280 g/mol. The number of hydrogen-bond donors (Lipinski definition) is 1. The summed E-state index contributed by atoms with van der Waals surface area (Å²) in [5.41, 5.74) is 1.06. The van der Waals surface area contributed by atoms with Gasteiger partial charge in [0.15, 0.2) is 5.16 Å². The minimum Gasteiger partial charge on any atom is -0.313 e. The first-order valence-corrected chi connectivity index (χ1v) is 6.79. The van der Waals surface area contributed by atoms with Crippen LogP contribution in [0.4, 0.5) is 0 Å². The van der Waals surface area contributed by atoms with Crippen molar-refractivity contribution < 1.29 is 0 Å². The molecular formula is C12H13ClN4S. The third kappa shape index (κ3) is 3.66. The minimum absolute atomic E-state index is 0.614. The van der Waals surface area contributed by atoms with Gasteiger partial charge in [-0.15, -0.1) is 0 Å². The van der Waals surface area contributed by atoms with Crippen LogP contribution in [0.2, 0.25) is 5.02 Å². The lowest BCUT2D eigenvalue weighted by molar-refractivity contribution is 0.716. The van der Waals surface area contributed by atoms with Crippen LogP contribution in [-0.4, -0.2) is 21.5 Å². The van der Waals surface area contributed by atoms with Crippen LogP contribution in [0.3, 0.4) is 0 Å². The van der Waals surface area contributed by atoms with Crippen molar-refractivity contribution >= 4 is 23.4 Å². The third-order valence-corrected chi connectivity index (χ3v) is 3.50. The maximum atomic E-state index is 6.03. The van der Waals surface area contributed by atoms with Crippen LogP contribution in [0, 0.1) is 0 Å². The smallest absolute Gasteiger partial charge is 0.193 e. The quantitative estimate of drug-likeness (QED) is 0.854. The average Bonchev–Trinajstić information content (AvgIpc) is 2.41. The first kappa shape index (κ1) is 13.3. The molecule has 0 aliphatic carbocycles. The van der Waals surface area contributed by atoms with Crippen molar-refractivity contribution in [1.29, 1.82) is 0 Å². The second-order valence-corrected chi connectivity index (χ2v) is 4.91. The first-order chi connectivity index (χ1) is 8.79. The number of halogens is 1. The molecule has 2 rings (SSSR count). The summed E-state index contributed by atoms with van der Waals surface area (Å²) < 4.78 is 0. The molecule has 0 spiro atoms. The van der Waals surface area contributed by atoms with Gasteiger partial charge in [-0.3, -0.25) is 0 Å². The number of rotatable bonds is 5. The number of nitrogens with zero attached hydrogens (tertiary/aromatic N) is 3. The van der Waals surface area contributed by atoms with Crippen LogP contribution in [0.1, 0.15) is 12.5 Å². The molecule has 0 saturated heterocycles. The molecule has 94 valence electrons. The Labute approximate surface area is 115 Å². The number of nitrogens with one attached hydrogen (secondary N) is 1. The lowest BCUT2D eigenvalue weighted by atomic mass is 10.3. The molecule has 4 nitrogen and oxygen atoms in total. The van der Waals surface area contributed by atoms with E-state index in [4.69, 9.17) is 11.6 Å². The van der Waals surface area contributed by atoms with Gasteiger partial charge in [-0.05, 0) is 30.4 Å². The summed E-state index contributed by atoms with van der Waals surface area (Å²) in [7, 11) is 0. The summed E-state index contributed by atoms with van der Waals surface area (Å²) in [4.78, 5) is 12.7. The van der Waals surface area contributed by atoms with Gasteiger partial charge in [0, 0.05) is 30.7 Å². The van der Waals surface area contributed by atoms with Crippen LogP contribution in [0.15, 0.2) is 40.9 Å². The van der Waals surface area contributed by atoms with Gasteiger partial charge in [-0.25, -0.2) is 15.0 Å². The van der Waals surface area contributed by atoms with Crippen molar-refractivity contribution in [2.24, 2.45) is 0 Å². The van der Waals surface area contributed by atoms with E-state index < -0.39 is 0 Å². The van der Waals surface area contributed by atoms with Gasteiger partial charge in [0.2, 0.25) is 0 Å². The summed E-state index contributed by atoms with van der Waals surface area (Å²) in [5, 5.41) is 5.21. The third-order valence-electron chi connectivity index (χ3n) is 2.17. The lowest BCUT2D eigenvalue weighted by Gasteiger charge is -2.03. The predicted molar refractivity (Wildman–Crippen MR) is 72.8 cm³/mol. The summed E-state index contributed by atoms with van der Waals surface area (Å²) in [5.74, 6) is 0. The Morgan fingerprint density at radius 2 is 2.06 bits per heavy atom. The summed E-state index contributed by atoms with van der Waals surface area (Å²) in [6.07, 6.45) is 5.33. The van der Waals surface area contributed by atoms with Crippen LogP contribution in [0.5, 0.6) is 0 Å². The van der Waals surface area contributed by atoms with Gasteiger partial charge in [0.25, 0.3) is 0 Å². The fraction of sp³-hybridized carbons (Fsp3) is 0.250. The van der Waals surface area contributed by atoms with Crippen LogP contribution < -0.4 is 5.32 Å². The van der Waals surface area contributed by atoms with E-state index in [0.29, 0.717) is 10.2 Å². The molecule has 2 aromatic heterocycles. The summed E-state index contributed by atoms with van der Waals surface area (Å²) in [6.45, 7) is 3.78. The van der Waals surface area contributed by atoms with Gasteiger partial charge >= 0.3 is 0 Å². The highest BCUT2D eigenvalue weighted by molar-refractivity contribution is 7.99. The van der Waals surface area contributed by atoms with Crippen molar-refractivity contribution in [3.05, 3.63) is 41.3 Å². The van der Waals surface area contributed by atoms with E-state index in [1.807, 2.05) is 12.4 Å². The second-order valence-electron chi connectivity index (χ2n) is 3.55. The number of pyridine rings is 1. The highest BCUT2D eigenvalue weighted by Gasteiger charge is 2.05. The molecule has 6 heteroatoms. The van der Waals surface area contributed by atoms with Gasteiger partial charge in [-0.1, -0.05) is 18.5 Å². The van der Waals surface area contributed by atoms with Crippen molar-refractivity contribution in [3.63, 3.8) is 0 Å². The Balaban J connectivity index is 2.04. The fourth-order valence-corrected chi connectivity index (χ4v) is 2.19. The van der Waals surface area contributed by atoms with Gasteiger partial charge in [-0.2, -0.15) is 0 Å². The normalized spacial score (nSPS) is 10.6. The Morgan fingerprint density at radius 3 is 2.72 bits per heavy atom. The van der Waals surface area contributed by atoms with Gasteiger partial charge < -0.3 is 5.32 Å². The fourth-order valence-electron chi connectivity index (χ4n) is 1.29. The Bertz CT molecular complexity index is 504. The zero-order valence-corrected chi connectivity index (χ0v) is 11.5. The van der Waals surface area contributed by atoms with Crippen LogP contribution in [0.25, 0.3) is 0 Å². The zero-order chi connectivity index (χ0) is 12.8. The Kier molecular flexibility index (Phi) is 4.92. The SMILES string of the molecule is CCNCc1cnc(Sc2ncccc2Cl)nc1. The second kappa shape index (κ2) is 6.68. The molecule has 0 aliphatic rings. The van der Waals surface area contributed by atoms with Crippen molar-refractivity contribution in [2.45, 2.75) is 23.7 Å². The molecule has 0 radical (unpaired) electrons. The highest BCUT2D eigenvalue weighted by atomic mass is 35.5. The first-order valence-electron chi connectivity index (χ1n) is 5.59. The van der Waals surface area contributed by atoms with Crippen molar-refractivity contribution in [2.75, 3.05) is 6.54 Å². The molecule has 18 heavy (non-hydrogen) atoms. The highest BCUT2D eigenvalue weighted by Crippen LogP contribution is 2.28. The molecule has 0 bridgehead atoms. The van der Waals surface area contributed by atoms with E-state index >= 15 is 0 Å². The zero-order valence-electron chi connectivity index (χ0n) is 9.93. The van der Waals surface area contributed by atoms with E-state index in [9.17, 15) is 0 Å². The molecule has 0 unspecified atom stereocenters. The molecule has 1 N–H and O–H groups in total. The van der Waals surface area contributed by atoms with E-state index in [-0.39, 0.29) is 0 Å². The largest absolute Gasteiger partial charge is 0.313 e. The number of aromatic nitrogens is 3. The molecule has 0 aromatic carbocycles. The van der Waals surface area contributed by atoms with E-state index in [1.54, 1.807) is 18.3 Å². The minimum atomic E-state index is 0.614. The molecule has 0 fully saturated rings. The molecule has 0 amide bonds. The van der Waals surface area contributed by atoms with Crippen molar-refractivity contribution in [1.82, 2.24) is 20.3 Å². The van der Waals surface area contributed by atoms with Gasteiger partial charge in [0.05, 0.1) is 5.02 Å².